The van der Waals surface area contributed by atoms with Crippen molar-refractivity contribution in [2.75, 3.05) is 19.7 Å². The number of carbonyl (C=O) groups excluding carboxylic acids is 1. The summed E-state index contributed by atoms with van der Waals surface area (Å²) in [4.78, 5) is 13.8. The standard InChI is InChI=1S/C10H15NO2/c12-10(9-2-1-3-13-9)11-5-7-4-8(7)6-11/h7-9H,1-6H2. The lowest BCUT2D eigenvalue weighted by molar-refractivity contribution is -0.140. The average molecular weight is 181 g/mol. The monoisotopic (exact) mass is 181 g/mol. The number of likely N-dealkylation sites (tertiary alicyclic amines) is 1. The van der Waals surface area contributed by atoms with Crippen molar-refractivity contribution >= 4 is 5.91 Å². The Hall–Kier alpha value is -0.570. The zero-order valence-electron chi connectivity index (χ0n) is 7.74. The first-order valence-electron chi connectivity index (χ1n) is 5.25. The van der Waals surface area contributed by atoms with E-state index in [0.717, 1.165) is 44.4 Å². The fraction of sp³-hybridized carbons (Fsp3) is 0.900. The topological polar surface area (TPSA) is 29.5 Å². The Bertz CT molecular complexity index is 225. The lowest BCUT2D eigenvalue weighted by Gasteiger charge is -2.21. The van der Waals surface area contributed by atoms with Crippen molar-refractivity contribution in [3.8, 4) is 0 Å². The van der Waals surface area contributed by atoms with E-state index in [0.29, 0.717) is 0 Å². The van der Waals surface area contributed by atoms with Crippen LogP contribution in [-0.2, 0) is 9.53 Å². The average Bonchev–Trinajstić information content (AvgIpc) is 2.63. The molecule has 1 aliphatic carbocycles. The number of nitrogens with zero attached hydrogens (tertiary/aromatic N) is 1. The molecule has 0 aromatic heterocycles. The van der Waals surface area contributed by atoms with Gasteiger partial charge in [0.2, 0.25) is 0 Å². The number of fused-ring (bicyclic) bond motifs is 1. The van der Waals surface area contributed by atoms with Crippen molar-refractivity contribution in [3.63, 3.8) is 0 Å². The molecule has 0 radical (unpaired) electrons. The number of rotatable bonds is 1. The number of ether oxygens (including phenoxy) is 1. The summed E-state index contributed by atoms with van der Waals surface area (Å²) in [6.07, 6.45) is 3.24. The summed E-state index contributed by atoms with van der Waals surface area (Å²) in [7, 11) is 0. The number of amides is 1. The van der Waals surface area contributed by atoms with Crippen LogP contribution in [0, 0.1) is 11.8 Å². The molecule has 3 nitrogen and oxygen atoms in total. The second-order valence-electron chi connectivity index (χ2n) is 4.50. The fourth-order valence-corrected chi connectivity index (χ4v) is 2.55. The molecule has 0 N–H and O–H groups in total. The van der Waals surface area contributed by atoms with Crippen LogP contribution in [0.2, 0.25) is 0 Å². The molecular weight excluding hydrogens is 166 g/mol. The van der Waals surface area contributed by atoms with Crippen LogP contribution >= 0.6 is 0 Å². The zero-order valence-corrected chi connectivity index (χ0v) is 7.74. The van der Waals surface area contributed by atoms with Crippen LogP contribution in [0.1, 0.15) is 19.3 Å². The highest BCUT2D eigenvalue weighted by atomic mass is 16.5. The molecule has 1 saturated carbocycles. The number of hydrogen-bond acceptors (Lipinski definition) is 2. The minimum atomic E-state index is -0.0995. The molecule has 2 heterocycles. The van der Waals surface area contributed by atoms with Gasteiger partial charge in [0.05, 0.1) is 0 Å². The minimum absolute atomic E-state index is 0.0995. The summed E-state index contributed by atoms with van der Waals surface area (Å²) >= 11 is 0. The Kier molecular flexibility index (Phi) is 1.62. The smallest absolute Gasteiger partial charge is 0.251 e. The third-order valence-corrected chi connectivity index (χ3v) is 3.50. The van der Waals surface area contributed by atoms with Gasteiger partial charge in [0.25, 0.3) is 5.91 Å². The normalized spacial score (nSPS) is 42.2. The van der Waals surface area contributed by atoms with Crippen LogP contribution in [0.3, 0.4) is 0 Å². The van der Waals surface area contributed by atoms with Crippen molar-refractivity contribution < 1.29 is 9.53 Å². The molecule has 0 aromatic rings. The van der Waals surface area contributed by atoms with Crippen LogP contribution in [0.5, 0.6) is 0 Å². The van der Waals surface area contributed by atoms with E-state index in [9.17, 15) is 4.79 Å². The minimum Gasteiger partial charge on any atom is -0.368 e. The van der Waals surface area contributed by atoms with E-state index in [4.69, 9.17) is 4.74 Å². The summed E-state index contributed by atoms with van der Waals surface area (Å²) < 4.78 is 5.39. The number of piperidine rings is 1. The van der Waals surface area contributed by atoms with Crippen molar-refractivity contribution in [1.82, 2.24) is 4.90 Å². The van der Waals surface area contributed by atoms with Gasteiger partial charge >= 0.3 is 0 Å². The number of carbonyl (C=O) groups is 1. The first kappa shape index (κ1) is 7.80. The van der Waals surface area contributed by atoms with Crippen LogP contribution in [0.15, 0.2) is 0 Å². The summed E-state index contributed by atoms with van der Waals surface area (Å²) in [5, 5.41) is 0. The van der Waals surface area contributed by atoms with Gasteiger partial charge in [-0.15, -0.1) is 0 Å². The molecule has 72 valence electrons. The third kappa shape index (κ3) is 1.26. The molecule has 3 fully saturated rings. The van der Waals surface area contributed by atoms with Crippen LogP contribution in [0.25, 0.3) is 0 Å². The SMILES string of the molecule is O=C(C1CCCO1)N1CC2CC2C1. The first-order chi connectivity index (χ1) is 6.34. The summed E-state index contributed by atoms with van der Waals surface area (Å²) in [5.74, 6) is 1.93. The molecule has 3 unspecified atom stereocenters. The lowest BCUT2D eigenvalue weighted by atomic mass is 10.2. The molecule has 13 heavy (non-hydrogen) atoms. The summed E-state index contributed by atoms with van der Waals surface area (Å²) in [6, 6.07) is 0. The summed E-state index contributed by atoms with van der Waals surface area (Å²) in [5.41, 5.74) is 0. The molecule has 2 aliphatic heterocycles. The lowest BCUT2D eigenvalue weighted by Crippen LogP contribution is -2.38. The van der Waals surface area contributed by atoms with E-state index >= 15 is 0 Å². The second kappa shape index (κ2) is 2.71. The van der Waals surface area contributed by atoms with E-state index in [1.165, 1.54) is 6.42 Å². The zero-order chi connectivity index (χ0) is 8.84. The van der Waals surface area contributed by atoms with Gasteiger partial charge < -0.3 is 9.64 Å². The maximum absolute atomic E-state index is 11.8. The highest BCUT2D eigenvalue weighted by Crippen LogP contribution is 2.45. The molecule has 1 amide bonds. The predicted octanol–water partition coefficient (Wildman–Crippen LogP) is 0.644. The first-order valence-corrected chi connectivity index (χ1v) is 5.25. The summed E-state index contributed by atoms with van der Waals surface area (Å²) in [6.45, 7) is 2.78. The Balaban J connectivity index is 1.61. The third-order valence-electron chi connectivity index (χ3n) is 3.50. The van der Waals surface area contributed by atoms with Crippen molar-refractivity contribution in [1.29, 1.82) is 0 Å². The molecule has 3 aliphatic rings. The molecule has 3 rings (SSSR count). The molecule has 0 bridgehead atoms. The number of hydrogen-bond donors (Lipinski definition) is 0. The largest absolute Gasteiger partial charge is 0.368 e. The second-order valence-corrected chi connectivity index (χ2v) is 4.50. The van der Waals surface area contributed by atoms with Crippen LogP contribution in [0.4, 0.5) is 0 Å². The quantitative estimate of drug-likeness (QED) is 0.594. The Morgan fingerprint density at radius 3 is 2.69 bits per heavy atom. The molecule has 3 atom stereocenters. The maximum Gasteiger partial charge on any atom is 0.251 e. The van der Waals surface area contributed by atoms with Gasteiger partial charge in [0.15, 0.2) is 0 Å². The van der Waals surface area contributed by atoms with Gasteiger partial charge in [-0.3, -0.25) is 4.79 Å². The van der Waals surface area contributed by atoms with Crippen LogP contribution < -0.4 is 0 Å². The highest BCUT2D eigenvalue weighted by molar-refractivity contribution is 5.81. The Morgan fingerprint density at radius 1 is 1.31 bits per heavy atom. The van der Waals surface area contributed by atoms with E-state index in [-0.39, 0.29) is 12.0 Å². The molecule has 0 spiro atoms. The van der Waals surface area contributed by atoms with Crippen LogP contribution in [-0.4, -0.2) is 36.6 Å². The van der Waals surface area contributed by atoms with E-state index < -0.39 is 0 Å². The van der Waals surface area contributed by atoms with Crippen molar-refractivity contribution in [3.05, 3.63) is 0 Å². The van der Waals surface area contributed by atoms with Gasteiger partial charge in [0, 0.05) is 19.7 Å². The van der Waals surface area contributed by atoms with Crippen molar-refractivity contribution in [2.45, 2.75) is 25.4 Å². The van der Waals surface area contributed by atoms with Gasteiger partial charge in [-0.05, 0) is 31.1 Å². The molecule has 3 heteroatoms. The molecular formula is C10H15NO2. The Labute approximate surface area is 78.0 Å². The van der Waals surface area contributed by atoms with Gasteiger partial charge in [-0.1, -0.05) is 0 Å². The maximum atomic E-state index is 11.8. The van der Waals surface area contributed by atoms with E-state index in [1.807, 2.05) is 4.90 Å². The van der Waals surface area contributed by atoms with Gasteiger partial charge in [-0.25, -0.2) is 0 Å². The Morgan fingerprint density at radius 2 is 2.08 bits per heavy atom. The van der Waals surface area contributed by atoms with Crippen molar-refractivity contribution in [2.24, 2.45) is 11.8 Å². The highest BCUT2D eigenvalue weighted by Gasteiger charge is 2.47. The van der Waals surface area contributed by atoms with Gasteiger partial charge in [-0.2, -0.15) is 0 Å². The molecule has 0 aromatic carbocycles. The van der Waals surface area contributed by atoms with Gasteiger partial charge in [0.1, 0.15) is 6.10 Å². The van der Waals surface area contributed by atoms with E-state index in [2.05, 4.69) is 0 Å². The predicted molar refractivity (Wildman–Crippen MR) is 47.2 cm³/mol. The fourth-order valence-electron chi connectivity index (χ4n) is 2.55. The molecule has 2 saturated heterocycles. The van der Waals surface area contributed by atoms with E-state index in [1.54, 1.807) is 0 Å².